The van der Waals surface area contributed by atoms with Gasteiger partial charge in [0, 0.05) is 36.7 Å². The molecule has 1 atom stereocenters. The maximum absolute atomic E-state index is 13.4. The van der Waals surface area contributed by atoms with Crippen LogP contribution in [0.25, 0.3) is 0 Å². The van der Waals surface area contributed by atoms with E-state index in [1.165, 1.54) is 6.42 Å². The molecule has 1 fully saturated rings. The van der Waals surface area contributed by atoms with Gasteiger partial charge in [-0.05, 0) is 63.3 Å². The molecule has 1 amide bonds. The highest BCUT2D eigenvalue weighted by atomic mass is 16.3. The van der Waals surface area contributed by atoms with Crippen LogP contribution in [0.2, 0.25) is 0 Å². The number of aryl methyl sites for hydroxylation is 1. The van der Waals surface area contributed by atoms with Crippen LogP contribution in [0.3, 0.4) is 0 Å². The molecule has 1 aliphatic carbocycles. The van der Waals surface area contributed by atoms with E-state index in [1.54, 1.807) is 6.08 Å². The highest BCUT2D eigenvalue weighted by Gasteiger charge is 2.33. The summed E-state index contributed by atoms with van der Waals surface area (Å²) in [4.78, 5) is 27.3. The van der Waals surface area contributed by atoms with Gasteiger partial charge in [-0.1, -0.05) is 23.8 Å². The van der Waals surface area contributed by atoms with Gasteiger partial charge in [-0.25, -0.2) is 4.98 Å². The first kappa shape index (κ1) is 19.8. The van der Waals surface area contributed by atoms with Crippen molar-refractivity contribution in [3.63, 3.8) is 0 Å². The molecule has 5 rings (SSSR count). The smallest absolute Gasteiger partial charge is 0.259 e. The summed E-state index contributed by atoms with van der Waals surface area (Å²) >= 11 is 0. The molecule has 1 aromatic heterocycles. The average molecular weight is 417 g/mol. The number of rotatable bonds is 3. The van der Waals surface area contributed by atoms with E-state index in [9.17, 15) is 9.90 Å². The van der Waals surface area contributed by atoms with E-state index in [0.29, 0.717) is 18.1 Å². The van der Waals surface area contributed by atoms with Crippen molar-refractivity contribution in [2.45, 2.75) is 44.9 Å². The molecule has 3 aliphatic rings. The summed E-state index contributed by atoms with van der Waals surface area (Å²) in [7, 11) is 0. The van der Waals surface area contributed by atoms with Gasteiger partial charge in [0.05, 0.1) is 5.69 Å². The number of amides is 1. The zero-order chi connectivity index (χ0) is 21.4. The van der Waals surface area contributed by atoms with Gasteiger partial charge >= 0.3 is 0 Å². The largest absolute Gasteiger partial charge is 0.508 e. The molecule has 1 unspecified atom stereocenters. The average Bonchev–Trinajstić information content (AvgIpc) is 3.22. The fourth-order valence-electron chi connectivity index (χ4n) is 4.80. The lowest BCUT2D eigenvalue weighted by Gasteiger charge is -2.29. The standard InChI is InChI=1S/C25H28N4O2/c1-17-7-5-9-19(15-17)24(31)29-14-11-21-22(18-8-6-10-20(30)16-18)26-25(27-23(21)29)28-12-3-2-4-13-28/h5-7,9-10,15-16,18,30H,2-4,8,11-14H2,1H3. The van der Waals surface area contributed by atoms with Gasteiger partial charge in [0.2, 0.25) is 5.95 Å². The van der Waals surface area contributed by atoms with E-state index in [-0.39, 0.29) is 17.6 Å². The fourth-order valence-corrected chi connectivity index (χ4v) is 4.80. The summed E-state index contributed by atoms with van der Waals surface area (Å²) in [5.41, 5.74) is 3.73. The molecule has 1 N–H and O–H groups in total. The first-order valence-electron chi connectivity index (χ1n) is 11.2. The van der Waals surface area contributed by atoms with Crippen LogP contribution in [0.15, 0.2) is 48.3 Å². The van der Waals surface area contributed by atoms with Crippen LogP contribution >= 0.6 is 0 Å². The second-order valence-electron chi connectivity index (χ2n) is 8.67. The minimum absolute atomic E-state index is 0.000637. The minimum atomic E-state index is -0.0152. The summed E-state index contributed by atoms with van der Waals surface area (Å²) in [5, 5.41) is 10.1. The predicted octanol–water partition coefficient (Wildman–Crippen LogP) is 4.46. The maximum atomic E-state index is 13.4. The van der Waals surface area contributed by atoms with Crippen molar-refractivity contribution < 1.29 is 9.90 Å². The number of allylic oxidation sites excluding steroid dienone is 3. The number of carbonyl (C=O) groups is 1. The summed E-state index contributed by atoms with van der Waals surface area (Å²) in [6.45, 7) is 4.48. The lowest BCUT2D eigenvalue weighted by Crippen LogP contribution is -2.33. The normalized spacial score (nSPS) is 20.5. The van der Waals surface area contributed by atoms with Gasteiger partial charge in [0.15, 0.2) is 0 Å². The molecule has 0 radical (unpaired) electrons. The highest BCUT2D eigenvalue weighted by Crippen LogP contribution is 2.37. The summed E-state index contributed by atoms with van der Waals surface area (Å²) in [6, 6.07) is 7.72. The Hall–Kier alpha value is -3.15. The van der Waals surface area contributed by atoms with Gasteiger partial charge in [-0.15, -0.1) is 0 Å². The van der Waals surface area contributed by atoms with Crippen molar-refractivity contribution in [3.05, 3.63) is 70.6 Å². The Labute approximate surface area is 182 Å². The molecule has 1 aromatic carbocycles. The quantitative estimate of drug-likeness (QED) is 0.800. The Morgan fingerprint density at radius 1 is 1.13 bits per heavy atom. The third-order valence-electron chi connectivity index (χ3n) is 6.40. The van der Waals surface area contributed by atoms with Crippen molar-refractivity contribution in [1.29, 1.82) is 0 Å². The van der Waals surface area contributed by atoms with Gasteiger partial charge in [-0.2, -0.15) is 4.98 Å². The molecule has 6 nitrogen and oxygen atoms in total. The number of carbonyl (C=O) groups excluding carboxylic acids is 1. The predicted molar refractivity (Wildman–Crippen MR) is 122 cm³/mol. The van der Waals surface area contributed by atoms with Crippen LogP contribution in [0.5, 0.6) is 0 Å². The second kappa shape index (κ2) is 8.17. The number of hydrogen-bond donors (Lipinski definition) is 1. The van der Waals surface area contributed by atoms with Crippen molar-refractivity contribution in [3.8, 4) is 0 Å². The summed E-state index contributed by atoms with van der Waals surface area (Å²) < 4.78 is 0. The van der Waals surface area contributed by atoms with Gasteiger partial charge in [0.25, 0.3) is 5.91 Å². The Kier molecular flexibility index (Phi) is 5.22. The SMILES string of the molecule is Cc1cccc(C(=O)N2CCc3c(C4C=C(O)C=CC4)nc(N4CCCCC4)nc32)c1. The third kappa shape index (κ3) is 3.82. The molecule has 0 saturated carbocycles. The van der Waals surface area contributed by atoms with E-state index < -0.39 is 0 Å². The number of aromatic nitrogens is 2. The molecule has 0 spiro atoms. The Morgan fingerprint density at radius 2 is 1.97 bits per heavy atom. The zero-order valence-electron chi connectivity index (χ0n) is 17.9. The topological polar surface area (TPSA) is 69.6 Å². The lowest BCUT2D eigenvalue weighted by atomic mass is 9.92. The summed E-state index contributed by atoms with van der Waals surface area (Å²) in [6.07, 6.45) is 10.6. The summed E-state index contributed by atoms with van der Waals surface area (Å²) in [5.74, 6) is 1.70. The van der Waals surface area contributed by atoms with Crippen molar-refractivity contribution in [2.75, 3.05) is 29.4 Å². The van der Waals surface area contributed by atoms with Gasteiger partial charge in [-0.3, -0.25) is 9.69 Å². The zero-order valence-corrected chi connectivity index (χ0v) is 17.9. The monoisotopic (exact) mass is 416 g/mol. The number of nitrogens with zero attached hydrogens (tertiary/aromatic N) is 4. The molecule has 160 valence electrons. The molecule has 2 aromatic rings. The van der Waals surface area contributed by atoms with Crippen LogP contribution in [-0.2, 0) is 6.42 Å². The maximum Gasteiger partial charge on any atom is 0.259 e. The minimum Gasteiger partial charge on any atom is -0.508 e. The van der Waals surface area contributed by atoms with Gasteiger partial charge < -0.3 is 10.0 Å². The number of piperidine rings is 1. The van der Waals surface area contributed by atoms with Crippen LogP contribution in [0.4, 0.5) is 11.8 Å². The number of aliphatic hydroxyl groups is 1. The van der Waals surface area contributed by atoms with Crippen LogP contribution in [-0.4, -0.2) is 40.6 Å². The van der Waals surface area contributed by atoms with Crippen LogP contribution in [0.1, 0.15) is 58.8 Å². The Balaban J connectivity index is 1.58. The van der Waals surface area contributed by atoms with Crippen LogP contribution < -0.4 is 9.80 Å². The molecular formula is C25H28N4O2. The number of hydrogen-bond acceptors (Lipinski definition) is 5. The van der Waals surface area contributed by atoms with Crippen LogP contribution in [0, 0.1) is 6.92 Å². The van der Waals surface area contributed by atoms with E-state index in [1.807, 2.05) is 48.2 Å². The van der Waals surface area contributed by atoms with E-state index in [4.69, 9.17) is 9.97 Å². The Morgan fingerprint density at radius 3 is 2.74 bits per heavy atom. The van der Waals surface area contributed by atoms with Crippen molar-refractivity contribution in [1.82, 2.24) is 9.97 Å². The first-order valence-corrected chi connectivity index (χ1v) is 11.2. The first-order chi connectivity index (χ1) is 15.1. The number of aliphatic hydroxyl groups excluding tert-OH is 1. The van der Waals surface area contributed by atoms with E-state index in [0.717, 1.165) is 61.4 Å². The molecule has 0 bridgehead atoms. The molecule has 31 heavy (non-hydrogen) atoms. The molecule has 3 heterocycles. The number of benzene rings is 1. The van der Waals surface area contributed by atoms with E-state index in [2.05, 4.69) is 4.90 Å². The van der Waals surface area contributed by atoms with Gasteiger partial charge in [0.1, 0.15) is 11.6 Å². The molecule has 1 saturated heterocycles. The molecule has 6 heteroatoms. The number of anilines is 2. The Bertz CT molecular complexity index is 1070. The molecule has 2 aliphatic heterocycles. The van der Waals surface area contributed by atoms with Crippen molar-refractivity contribution in [2.24, 2.45) is 0 Å². The second-order valence-corrected chi connectivity index (χ2v) is 8.67. The lowest BCUT2D eigenvalue weighted by molar-refractivity contribution is 0.0988. The number of fused-ring (bicyclic) bond motifs is 1. The van der Waals surface area contributed by atoms with E-state index >= 15 is 0 Å². The highest BCUT2D eigenvalue weighted by molar-refractivity contribution is 6.07. The molecular weight excluding hydrogens is 388 g/mol. The third-order valence-corrected chi connectivity index (χ3v) is 6.40. The fraction of sp³-hybridized carbons (Fsp3) is 0.400. The van der Waals surface area contributed by atoms with Crippen molar-refractivity contribution >= 4 is 17.7 Å².